The Morgan fingerprint density at radius 2 is 1.78 bits per heavy atom. The number of hydrogen-bond donors (Lipinski definition) is 1. The Morgan fingerprint density at radius 1 is 1.04 bits per heavy atom. The smallest absolute Gasteiger partial charge is 0.0379 e. The van der Waals surface area contributed by atoms with Crippen molar-refractivity contribution in [2.75, 3.05) is 25.0 Å². The van der Waals surface area contributed by atoms with E-state index in [1.165, 1.54) is 62.9 Å². The first-order valence-corrected chi connectivity index (χ1v) is 9.81. The first-order valence-electron chi connectivity index (χ1n) is 9.81. The lowest BCUT2D eigenvalue weighted by molar-refractivity contribution is 0.0796. The van der Waals surface area contributed by atoms with Crippen molar-refractivity contribution in [3.05, 3.63) is 29.3 Å². The van der Waals surface area contributed by atoms with Gasteiger partial charge in [-0.1, -0.05) is 30.5 Å². The molecule has 1 spiro atoms. The molecule has 5 rings (SSSR count). The van der Waals surface area contributed by atoms with Gasteiger partial charge >= 0.3 is 0 Å². The molecule has 2 nitrogen and oxygen atoms in total. The molecule has 2 saturated carbocycles. The molecule has 2 heteroatoms. The maximum absolute atomic E-state index is 3.69. The summed E-state index contributed by atoms with van der Waals surface area (Å²) in [5.41, 5.74) is 4.85. The molecule has 23 heavy (non-hydrogen) atoms. The molecule has 1 aromatic rings. The number of benzene rings is 1. The molecular formula is C21H30N2. The summed E-state index contributed by atoms with van der Waals surface area (Å²) in [6.07, 6.45) is 10.3. The summed E-state index contributed by atoms with van der Waals surface area (Å²) in [4.78, 5) is 2.86. The Labute approximate surface area is 140 Å². The van der Waals surface area contributed by atoms with E-state index >= 15 is 0 Å². The molecule has 0 amide bonds. The van der Waals surface area contributed by atoms with Gasteiger partial charge in [0.05, 0.1) is 0 Å². The van der Waals surface area contributed by atoms with Crippen LogP contribution in [-0.2, 0) is 5.41 Å². The van der Waals surface area contributed by atoms with E-state index in [-0.39, 0.29) is 0 Å². The maximum atomic E-state index is 3.69. The molecule has 4 aliphatic rings. The van der Waals surface area contributed by atoms with Crippen molar-refractivity contribution in [1.29, 1.82) is 0 Å². The standard InChI is InChI=1S/C21H30N2/c1-15-2-5-20-19(10-15)21(14-22-20)6-8-23(9-7-21)18-12-16-3-4-17(11-16)13-18/h2,5,10,16-18,22H,3-4,6-9,11-14H2,1H3. The van der Waals surface area contributed by atoms with E-state index in [1.54, 1.807) is 12.0 Å². The van der Waals surface area contributed by atoms with Gasteiger partial charge in [-0.15, -0.1) is 0 Å². The molecule has 2 bridgehead atoms. The predicted molar refractivity (Wildman–Crippen MR) is 96.0 cm³/mol. The highest BCUT2D eigenvalue weighted by atomic mass is 15.2. The van der Waals surface area contributed by atoms with Gasteiger partial charge in [0.1, 0.15) is 0 Å². The van der Waals surface area contributed by atoms with Gasteiger partial charge in [0, 0.05) is 23.7 Å². The molecule has 2 unspecified atom stereocenters. The minimum absolute atomic E-state index is 0.422. The van der Waals surface area contributed by atoms with E-state index in [0.29, 0.717) is 5.41 Å². The van der Waals surface area contributed by atoms with Crippen molar-refractivity contribution >= 4 is 5.69 Å². The summed E-state index contributed by atoms with van der Waals surface area (Å²) >= 11 is 0. The van der Waals surface area contributed by atoms with Crippen molar-refractivity contribution in [3.63, 3.8) is 0 Å². The quantitative estimate of drug-likeness (QED) is 0.830. The zero-order valence-corrected chi connectivity index (χ0v) is 14.5. The van der Waals surface area contributed by atoms with Crippen LogP contribution in [0, 0.1) is 18.8 Å². The van der Waals surface area contributed by atoms with Crippen LogP contribution in [-0.4, -0.2) is 30.6 Å². The zero-order valence-electron chi connectivity index (χ0n) is 14.5. The number of aryl methyl sites for hydroxylation is 1. The van der Waals surface area contributed by atoms with E-state index in [9.17, 15) is 0 Å². The Bertz CT molecular complexity index is 588. The number of nitrogens with one attached hydrogen (secondary N) is 1. The summed E-state index contributed by atoms with van der Waals surface area (Å²) in [6.45, 7) is 6.03. The Kier molecular flexibility index (Phi) is 3.27. The number of fused-ring (bicyclic) bond motifs is 4. The van der Waals surface area contributed by atoms with Gasteiger partial charge in [-0.25, -0.2) is 0 Å². The summed E-state index contributed by atoms with van der Waals surface area (Å²) in [6, 6.07) is 7.90. The molecule has 2 atom stereocenters. The third-order valence-corrected chi connectivity index (χ3v) is 7.50. The fraction of sp³-hybridized carbons (Fsp3) is 0.714. The molecule has 1 saturated heterocycles. The summed E-state index contributed by atoms with van der Waals surface area (Å²) in [7, 11) is 0. The van der Waals surface area contributed by atoms with E-state index < -0.39 is 0 Å². The fourth-order valence-electron chi connectivity index (χ4n) is 6.14. The third kappa shape index (κ3) is 2.33. The van der Waals surface area contributed by atoms with Crippen LogP contribution in [0.3, 0.4) is 0 Å². The maximum Gasteiger partial charge on any atom is 0.0379 e. The number of rotatable bonds is 1. The van der Waals surface area contributed by atoms with Gasteiger partial charge in [0.2, 0.25) is 0 Å². The van der Waals surface area contributed by atoms with Crippen molar-refractivity contribution in [1.82, 2.24) is 4.90 Å². The summed E-state index contributed by atoms with van der Waals surface area (Å²) in [5, 5.41) is 3.69. The highest BCUT2D eigenvalue weighted by Gasteiger charge is 2.44. The van der Waals surface area contributed by atoms with E-state index in [0.717, 1.165) is 24.4 Å². The Morgan fingerprint density at radius 3 is 2.52 bits per heavy atom. The molecule has 0 radical (unpaired) electrons. The molecular weight excluding hydrogens is 280 g/mol. The zero-order chi connectivity index (χ0) is 15.4. The second kappa shape index (κ2) is 5.24. The lowest BCUT2D eigenvalue weighted by Crippen LogP contribution is -2.49. The molecule has 3 fully saturated rings. The topological polar surface area (TPSA) is 15.3 Å². The highest BCUT2D eigenvalue weighted by molar-refractivity contribution is 5.61. The highest BCUT2D eigenvalue weighted by Crippen LogP contribution is 2.47. The van der Waals surface area contributed by atoms with Crippen LogP contribution in [0.25, 0.3) is 0 Å². The van der Waals surface area contributed by atoms with Gasteiger partial charge in [0.25, 0.3) is 0 Å². The first-order chi connectivity index (χ1) is 11.2. The third-order valence-electron chi connectivity index (χ3n) is 7.50. The molecule has 2 heterocycles. The van der Waals surface area contributed by atoms with E-state index in [1.807, 2.05) is 0 Å². The van der Waals surface area contributed by atoms with Gasteiger partial charge < -0.3 is 10.2 Å². The number of likely N-dealkylation sites (tertiary alicyclic amines) is 1. The molecule has 2 aliphatic carbocycles. The number of hydrogen-bond acceptors (Lipinski definition) is 2. The van der Waals surface area contributed by atoms with Crippen LogP contribution in [0.1, 0.15) is 56.1 Å². The number of nitrogens with zero attached hydrogens (tertiary/aromatic N) is 1. The van der Waals surface area contributed by atoms with Crippen molar-refractivity contribution in [2.24, 2.45) is 11.8 Å². The molecule has 124 valence electrons. The van der Waals surface area contributed by atoms with Gasteiger partial charge in [0.15, 0.2) is 0 Å². The van der Waals surface area contributed by atoms with Gasteiger partial charge in [-0.3, -0.25) is 0 Å². The SMILES string of the molecule is Cc1ccc2c(c1)C1(CCN(C3CC4CCC(C4)C3)CC1)CN2. The molecule has 0 aromatic heterocycles. The van der Waals surface area contributed by atoms with Crippen molar-refractivity contribution < 1.29 is 0 Å². The average molecular weight is 310 g/mol. The molecule has 1 N–H and O–H groups in total. The van der Waals surface area contributed by atoms with Crippen LogP contribution >= 0.6 is 0 Å². The molecule has 2 aliphatic heterocycles. The predicted octanol–water partition coefficient (Wildman–Crippen LogP) is 4.33. The largest absolute Gasteiger partial charge is 0.384 e. The van der Waals surface area contributed by atoms with E-state index in [2.05, 4.69) is 35.3 Å². The van der Waals surface area contributed by atoms with E-state index in [4.69, 9.17) is 0 Å². The lowest BCUT2D eigenvalue weighted by Gasteiger charge is -2.45. The normalized spacial score (nSPS) is 35.3. The first kappa shape index (κ1) is 14.3. The Hall–Kier alpha value is -1.02. The second-order valence-electron chi connectivity index (χ2n) is 8.89. The van der Waals surface area contributed by atoms with Gasteiger partial charge in [-0.2, -0.15) is 0 Å². The average Bonchev–Trinajstić information content (AvgIpc) is 3.09. The number of piperidine rings is 1. The number of anilines is 1. The van der Waals surface area contributed by atoms with Crippen LogP contribution in [0.2, 0.25) is 0 Å². The molecule has 1 aromatic carbocycles. The summed E-state index contributed by atoms with van der Waals surface area (Å²) < 4.78 is 0. The van der Waals surface area contributed by atoms with Crippen molar-refractivity contribution in [3.8, 4) is 0 Å². The van der Waals surface area contributed by atoms with Crippen LogP contribution in [0.5, 0.6) is 0 Å². The Balaban J connectivity index is 1.31. The monoisotopic (exact) mass is 310 g/mol. The second-order valence-corrected chi connectivity index (χ2v) is 8.89. The van der Waals surface area contributed by atoms with Crippen LogP contribution in [0.4, 0.5) is 5.69 Å². The van der Waals surface area contributed by atoms with Crippen LogP contribution in [0.15, 0.2) is 18.2 Å². The summed E-state index contributed by atoms with van der Waals surface area (Å²) in [5.74, 6) is 2.12. The lowest BCUT2D eigenvalue weighted by atomic mass is 9.73. The van der Waals surface area contributed by atoms with Crippen LogP contribution < -0.4 is 5.32 Å². The minimum atomic E-state index is 0.422. The van der Waals surface area contributed by atoms with Gasteiger partial charge in [-0.05, 0) is 75.6 Å². The fourth-order valence-corrected chi connectivity index (χ4v) is 6.14. The van der Waals surface area contributed by atoms with Crippen molar-refractivity contribution in [2.45, 2.75) is 63.3 Å². The minimum Gasteiger partial charge on any atom is -0.384 e.